The minimum atomic E-state index is 0.618. The van der Waals surface area contributed by atoms with Gasteiger partial charge in [-0.1, -0.05) is 28.1 Å². The molecular formula is C14H15BrN2. The molecule has 1 aromatic carbocycles. The van der Waals surface area contributed by atoms with Crippen LogP contribution < -0.4 is 5.32 Å². The van der Waals surface area contributed by atoms with Crippen LogP contribution in [-0.2, 0) is 0 Å². The van der Waals surface area contributed by atoms with Crippen LogP contribution in [0.25, 0.3) is 10.8 Å². The van der Waals surface area contributed by atoms with Crippen molar-refractivity contribution in [2.45, 2.75) is 18.8 Å². The van der Waals surface area contributed by atoms with Gasteiger partial charge < -0.3 is 5.32 Å². The van der Waals surface area contributed by atoms with Gasteiger partial charge in [0.1, 0.15) is 0 Å². The fourth-order valence-electron chi connectivity index (χ4n) is 2.49. The normalized spacial score (nSPS) is 17.5. The molecule has 3 heteroatoms. The lowest BCUT2D eigenvalue weighted by molar-refractivity contribution is 0.453. The van der Waals surface area contributed by atoms with Gasteiger partial charge in [0.05, 0.1) is 0 Å². The molecule has 0 spiro atoms. The fraction of sp³-hybridized carbons (Fsp3) is 0.357. The third kappa shape index (κ3) is 2.22. The van der Waals surface area contributed by atoms with Crippen molar-refractivity contribution in [1.82, 2.24) is 10.3 Å². The zero-order valence-corrected chi connectivity index (χ0v) is 11.2. The number of pyridine rings is 1. The number of hydrogen-bond donors (Lipinski definition) is 1. The summed E-state index contributed by atoms with van der Waals surface area (Å²) >= 11 is 3.61. The van der Waals surface area contributed by atoms with Crippen LogP contribution in [-0.4, -0.2) is 18.1 Å². The average Bonchev–Trinajstić information content (AvgIpc) is 2.40. The van der Waals surface area contributed by atoms with Crippen molar-refractivity contribution in [3.05, 3.63) is 40.6 Å². The van der Waals surface area contributed by atoms with E-state index in [-0.39, 0.29) is 0 Å². The number of nitrogens with zero attached hydrogens (tertiary/aromatic N) is 1. The number of rotatable bonds is 1. The molecule has 0 saturated carbocycles. The van der Waals surface area contributed by atoms with Crippen molar-refractivity contribution in [1.29, 1.82) is 0 Å². The van der Waals surface area contributed by atoms with E-state index in [1.54, 1.807) is 0 Å². The molecule has 0 radical (unpaired) electrons. The fourth-order valence-corrected chi connectivity index (χ4v) is 2.98. The molecule has 0 amide bonds. The predicted molar refractivity (Wildman–Crippen MR) is 74.3 cm³/mol. The summed E-state index contributed by atoms with van der Waals surface area (Å²) in [5.41, 5.74) is 1.24. The van der Waals surface area contributed by atoms with E-state index in [9.17, 15) is 0 Å². The van der Waals surface area contributed by atoms with Crippen molar-refractivity contribution >= 4 is 26.7 Å². The summed E-state index contributed by atoms with van der Waals surface area (Å²) in [5.74, 6) is 0.618. The molecule has 0 atom stereocenters. The summed E-state index contributed by atoms with van der Waals surface area (Å²) in [6.07, 6.45) is 4.39. The molecule has 1 fully saturated rings. The lowest BCUT2D eigenvalue weighted by Gasteiger charge is -2.22. The average molecular weight is 291 g/mol. The van der Waals surface area contributed by atoms with Gasteiger partial charge in [0.25, 0.3) is 0 Å². The Kier molecular flexibility index (Phi) is 3.12. The Morgan fingerprint density at radius 3 is 2.88 bits per heavy atom. The van der Waals surface area contributed by atoms with Crippen molar-refractivity contribution in [2.24, 2.45) is 0 Å². The van der Waals surface area contributed by atoms with Gasteiger partial charge in [-0.05, 0) is 43.5 Å². The molecule has 17 heavy (non-hydrogen) atoms. The smallest absolute Gasteiger partial charge is 0.0442 e. The summed E-state index contributed by atoms with van der Waals surface area (Å²) in [4.78, 5) is 4.62. The van der Waals surface area contributed by atoms with Crippen molar-refractivity contribution in [3.8, 4) is 0 Å². The Balaban J connectivity index is 2.03. The van der Waals surface area contributed by atoms with Crippen LogP contribution in [0.4, 0.5) is 0 Å². The molecule has 0 aliphatic carbocycles. The summed E-state index contributed by atoms with van der Waals surface area (Å²) in [6.45, 7) is 2.22. The van der Waals surface area contributed by atoms with Crippen LogP contribution in [0, 0.1) is 0 Å². The van der Waals surface area contributed by atoms with Crippen molar-refractivity contribution in [3.63, 3.8) is 0 Å². The highest BCUT2D eigenvalue weighted by atomic mass is 79.9. The minimum Gasteiger partial charge on any atom is -0.317 e. The van der Waals surface area contributed by atoms with Crippen LogP contribution >= 0.6 is 15.9 Å². The zero-order chi connectivity index (χ0) is 11.7. The van der Waals surface area contributed by atoms with E-state index in [0.717, 1.165) is 17.6 Å². The van der Waals surface area contributed by atoms with Gasteiger partial charge in [-0.2, -0.15) is 0 Å². The summed E-state index contributed by atoms with van der Waals surface area (Å²) in [6, 6.07) is 8.50. The van der Waals surface area contributed by atoms with Crippen LogP contribution in [0.2, 0.25) is 0 Å². The number of piperidine rings is 1. The Bertz CT molecular complexity index is 533. The number of nitrogens with one attached hydrogen (secondary N) is 1. The molecule has 2 aromatic rings. The molecule has 1 aromatic heterocycles. The van der Waals surface area contributed by atoms with E-state index in [1.165, 1.54) is 29.3 Å². The second-order valence-corrected chi connectivity index (χ2v) is 5.45. The van der Waals surface area contributed by atoms with Gasteiger partial charge in [0, 0.05) is 27.7 Å². The monoisotopic (exact) mass is 290 g/mol. The van der Waals surface area contributed by atoms with E-state index in [4.69, 9.17) is 0 Å². The molecule has 2 heterocycles. The molecular weight excluding hydrogens is 276 g/mol. The van der Waals surface area contributed by atoms with Crippen LogP contribution in [0.5, 0.6) is 0 Å². The first-order chi connectivity index (χ1) is 8.34. The molecule has 0 bridgehead atoms. The second kappa shape index (κ2) is 4.75. The third-order valence-electron chi connectivity index (χ3n) is 3.49. The number of benzene rings is 1. The molecule has 88 valence electrons. The van der Waals surface area contributed by atoms with E-state index in [0.29, 0.717) is 5.92 Å². The first kappa shape index (κ1) is 11.2. The maximum absolute atomic E-state index is 4.62. The molecule has 1 saturated heterocycles. The first-order valence-corrected chi connectivity index (χ1v) is 6.89. The van der Waals surface area contributed by atoms with Crippen LogP contribution in [0.15, 0.2) is 34.9 Å². The molecule has 1 aliphatic rings. The maximum atomic E-state index is 4.62. The van der Waals surface area contributed by atoms with Gasteiger partial charge in [-0.15, -0.1) is 0 Å². The summed E-state index contributed by atoms with van der Waals surface area (Å²) in [5, 5.41) is 5.88. The highest BCUT2D eigenvalue weighted by Gasteiger charge is 2.16. The Labute approximate surface area is 110 Å². The SMILES string of the molecule is Brc1cccc2cnc(C3CCNCC3)cc12. The standard InChI is InChI=1S/C14H15BrN2/c15-13-3-1-2-11-9-17-14(8-12(11)13)10-4-6-16-7-5-10/h1-3,8-10,16H,4-7H2. The highest BCUT2D eigenvalue weighted by molar-refractivity contribution is 9.10. The van der Waals surface area contributed by atoms with E-state index in [1.807, 2.05) is 6.20 Å². The van der Waals surface area contributed by atoms with Gasteiger partial charge in [0.15, 0.2) is 0 Å². The summed E-state index contributed by atoms with van der Waals surface area (Å²) < 4.78 is 1.16. The topological polar surface area (TPSA) is 24.9 Å². The van der Waals surface area contributed by atoms with E-state index < -0.39 is 0 Å². The van der Waals surface area contributed by atoms with Crippen LogP contribution in [0.1, 0.15) is 24.5 Å². The molecule has 1 N–H and O–H groups in total. The molecule has 2 nitrogen and oxygen atoms in total. The number of halogens is 1. The van der Waals surface area contributed by atoms with E-state index in [2.05, 4.69) is 50.5 Å². The molecule has 3 rings (SSSR count). The quantitative estimate of drug-likeness (QED) is 0.870. The molecule has 1 aliphatic heterocycles. The number of aromatic nitrogens is 1. The number of fused-ring (bicyclic) bond motifs is 1. The number of hydrogen-bond acceptors (Lipinski definition) is 2. The minimum absolute atomic E-state index is 0.618. The lowest BCUT2D eigenvalue weighted by atomic mass is 9.93. The Morgan fingerprint density at radius 2 is 2.06 bits per heavy atom. The molecule has 0 unspecified atom stereocenters. The van der Waals surface area contributed by atoms with Gasteiger partial charge in [0.2, 0.25) is 0 Å². The summed E-state index contributed by atoms with van der Waals surface area (Å²) in [7, 11) is 0. The van der Waals surface area contributed by atoms with Gasteiger partial charge in [-0.3, -0.25) is 4.98 Å². The largest absolute Gasteiger partial charge is 0.317 e. The predicted octanol–water partition coefficient (Wildman–Crippen LogP) is 3.46. The second-order valence-electron chi connectivity index (χ2n) is 4.59. The third-order valence-corrected chi connectivity index (χ3v) is 4.18. The zero-order valence-electron chi connectivity index (χ0n) is 9.62. The van der Waals surface area contributed by atoms with Crippen molar-refractivity contribution < 1.29 is 0 Å². The maximum Gasteiger partial charge on any atom is 0.0442 e. The van der Waals surface area contributed by atoms with E-state index >= 15 is 0 Å². The Hall–Kier alpha value is -0.930. The van der Waals surface area contributed by atoms with Crippen molar-refractivity contribution in [2.75, 3.05) is 13.1 Å². The first-order valence-electron chi connectivity index (χ1n) is 6.09. The van der Waals surface area contributed by atoms with Crippen LogP contribution in [0.3, 0.4) is 0 Å². The lowest BCUT2D eigenvalue weighted by Crippen LogP contribution is -2.27. The van der Waals surface area contributed by atoms with Gasteiger partial charge >= 0.3 is 0 Å². The highest BCUT2D eigenvalue weighted by Crippen LogP contribution is 2.29. The van der Waals surface area contributed by atoms with Gasteiger partial charge in [-0.25, -0.2) is 0 Å². The Morgan fingerprint density at radius 1 is 1.24 bits per heavy atom.